The molecule has 0 aromatic heterocycles. The summed E-state index contributed by atoms with van der Waals surface area (Å²) in [5.41, 5.74) is 0. The Bertz CT molecular complexity index is 528. The number of ether oxygens (including phenoxy) is 12. The van der Waals surface area contributed by atoms with Crippen molar-refractivity contribution in [2.24, 2.45) is 0 Å². The third-order valence-corrected chi connectivity index (χ3v) is 7.38. The molecule has 0 unspecified atom stereocenters. The predicted octanol–water partition coefficient (Wildman–Crippen LogP) is 5.91. The zero-order chi connectivity index (χ0) is 35.9. The topological polar surface area (TPSA) is 111 Å². The molecule has 0 aromatic rings. The fourth-order valence-electron chi connectivity index (χ4n) is 4.49. The van der Waals surface area contributed by atoms with E-state index in [2.05, 4.69) is 13.8 Å². The highest BCUT2D eigenvalue weighted by Crippen LogP contribution is 2.05. The van der Waals surface area contributed by atoms with Crippen molar-refractivity contribution in [3.63, 3.8) is 0 Å². The summed E-state index contributed by atoms with van der Waals surface area (Å²) in [6.07, 6.45) is 15.4. The maximum atomic E-state index is 5.59. The van der Waals surface area contributed by atoms with E-state index < -0.39 is 0 Å². The monoisotopic (exact) mass is 727 g/mol. The zero-order valence-electron chi connectivity index (χ0n) is 32.4. The summed E-state index contributed by atoms with van der Waals surface area (Å²) in [7, 11) is 0. The van der Waals surface area contributed by atoms with Crippen molar-refractivity contribution in [1.82, 2.24) is 0 Å². The molecule has 0 heterocycles. The van der Waals surface area contributed by atoms with Gasteiger partial charge in [0.2, 0.25) is 0 Å². The first kappa shape index (κ1) is 49.5. The van der Waals surface area contributed by atoms with E-state index in [4.69, 9.17) is 56.8 Å². The molecule has 0 saturated heterocycles. The first-order chi connectivity index (χ1) is 24.9. The van der Waals surface area contributed by atoms with Crippen LogP contribution in [0.3, 0.4) is 0 Å². The minimum absolute atomic E-state index is 0.522. The van der Waals surface area contributed by atoms with Gasteiger partial charge in [-0.15, -0.1) is 0 Å². The van der Waals surface area contributed by atoms with Crippen molar-refractivity contribution < 1.29 is 56.8 Å². The van der Waals surface area contributed by atoms with Crippen molar-refractivity contribution in [3.05, 3.63) is 0 Å². The highest BCUT2D eigenvalue weighted by molar-refractivity contribution is 4.45. The van der Waals surface area contributed by atoms with Crippen LogP contribution in [0.4, 0.5) is 0 Å². The van der Waals surface area contributed by atoms with E-state index in [9.17, 15) is 0 Å². The molecule has 0 aliphatic heterocycles. The zero-order valence-corrected chi connectivity index (χ0v) is 32.4. The molecule has 50 heavy (non-hydrogen) atoms. The van der Waals surface area contributed by atoms with Crippen molar-refractivity contribution in [1.29, 1.82) is 0 Å². The van der Waals surface area contributed by atoms with E-state index in [1.54, 1.807) is 0 Å². The van der Waals surface area contributed by atoms with Crippen LogP contribution in [0.15, 0.2) is 0 Å². The van der Waals surface area contributed by atoms with Gasteiger partial charge < -0.3 is 56.8 Å². The smallest absolute Gasteiger partial charge is 0.0701 e. The van der Waals surface area contributed by atoms with Crippen LogP contribution in [0.1, 0.15) is 90.9 Å². The van der Waals surface area contributed by atoms with Crippen LogP contribution in [0.2, 0.25) is 0 Å². The second-order valence-corrected chi connectivity index (χ2v) is 11.9. The summed E-state index contributed by atoms with van der Waals surface area (Å²) in [4.78, 5) is 0. The molecular weight excluding hydrogens is 648 g/mol. The number of hydrogen-bond acceptors (Lipinski definition) is 12. The lowest BCUT2D eigenvalue weighted by Gasteiger charge is -2.09. The SMILES string of the molecule is CCCCCCCCOCCOCCOCCOCCOCCOCCOCCOCCOCCOCCOCCOCCCCCCCC. The minimum atomic E-state index is 0.522. The Balaban J connectivity index is 3.04. The normalized spacial score (nSPS) is 11.6. The van der Waals surface area contributed by atoms with Crippen LogP contribution in [0.25, 0.3) is 0 Å². The Morgan fingerprint density at radius 1 is 0.160 bits per heavy atom. The average Bonchev–Trinajstić information content (AvgIpc) is 3.13. The second-order valence-electron chi connectivity index (χ2n) is 11.9. The van der Waals surface area contributed by atoms with Crippen molar-refractivity contribution >= 4 is 0 Å². The van der Waals surface area contributed by atoms with Crippen molar-refractivity contribution in [2.45, 2.75) is 90.9 Å². The first-order valence-electron chi connectivity index (χ1n) is 19.8. The lowest BCUT2D eigenvalue weighted by atomic mass is 10.1. The van der Waals surface area contributed by atoms with Crippen LogP contribution in [0, 0.1) is 0 Å². The Kier molecular flexibility index (Phi) is 48.1. The maximum absolute atomic E-state index is 5.59. The molecule has 0 atom stereocenters. The van der Waals surface area contributed by atoms with E-state index in [1.165, 1.54) is 64.2 Å². The molecule has 0 spiro atoms. The Morgan fingerprint density at radius 3 is 0.480 bits per heavy atom. The molecule has 0 saturated carbocycles. The van der Waals surface area contributed by atoms with E-state index >= 15 is 0 Å². The molecule has 0 radical (unpaired) electrons. The largest absolute Gasteiger partial charge is 0.379 e. The van der Waals surface area contributed by atoms with Gasteiger partial charge in [-0.05, 0) is 12.8 Å². The van der Waals surface area contributed by atoms with Crippen molar-refractivity contribution in [3.8, 4) is 0 Å². The van der Waals surface area contributed by atoms with Gasteiger partial charge in [0.05, 0.1) is 145 Å². The van der Waals surface area contributed by atoms with Gasteiger partial charge >= 0.3 is 0 Å². The molecule has 0 aliphatic carbocycles. The molecule has 0 bridgehead atoms. The maximum Gasteiger partial charge on any atom is 0.0701 e. The van der Waals surface area contributed by atoms with Crippen molar-refractivity contribution in [2.75, 3.05) is 159 Å². The van der Waals surface area contributed by atoms with Crippen LogP contribution in [-0.2, 0) is 56.8 Å². The highest BCUT2D eigenvalue weighted by atomic mass is 16.6. The summed E-state index contributed by atoms with van der Waals surface area (Å²) >= 11 is 0. The summed E-state index contributed by atoms with van der Waals surface area (Å²) in [6, 6.07) is 0. The molecule has 0 rings (SSSR count). The lowest BCUT2D eigenvalue weighted by Crippen LogP contribution is -2.15. The van der Waals surface area contributed by atoms with Crippen LogP contribution < -0.4 is 0 Å². The number of unbranched alkanes of at least 4 members (excludes halogenated alkanes) is 10. The fourth-order valence-corrected chi connectivity index (χ4v) is 4.49. The Hall–Kier alpha value is -0.480. The van der Waals surface area contributed by atoms with Gasteiger partial charge in [-0.3, -0.25) is 0 Å². The third kappa shape index (κ3) is 47.5. The molecule has 0 aliphatic rings. The summed E-state index contributed by atoms with van der Waals surface area (Å²) in [5.74, 6) is 0. The average molecular weight is 727 g/mol. The predicted molar refractivity (Wildman–Crippen MR) is 197 cm³/mol. The molecular formula is C38H78O12. The van der Waals surface area contributed by atoms with Gasteiger partial charge in [0.15, 0.2) is 0 Å². The summed E-state index contributed by atoms with van der Waals surface area (Å²) in [6.45, 7) is 18.3. The second kappa shape index (κ2) is 48.5. The van der Waals surface area contributed by atoms with Gasteiger partial charge in [-0.25, -0.2) is 0 Å². The van der Waals surface area contributed by atoms with Gasteiger partial charge in [0, 0.05) is 13.2 Å². The third-order valence-electron chi connectivity index (χ3n) is 7.38. The molecule has 0 fully saturated rings. The van der Waals surface area contributed by atoms with Gasteiger partial charge in [-0.1, -0.05) is 78.1 Å². The lowest BCUT2D eigenvalue weighted by molar-refractivity contribution is -0.0284. The van der Waals surface area contributed by atoms with Gasteiger partial charge in [-0.2, -0.15) is 0 Å². The molecule has 12 heteroatoms. The fraction of sp³-hybridized carbons (Fsp3) is 1.00. The molecule has 0 N–H and O–H groups in total. The first-order valence-corrected chi connectivity index (χ1v) is 19.8. The van der Waals surface area contributed by atoms with E-state index in [0.29, 0.717) is 145 Å². The van der Waals surface area contributed by atoms with Crippen LogP contribution in [0.5, 0.6) is 0 Å². The molecule has 302 valence electrons. The van der Waals surface area contributed by atoms with Crippen LogP contribution in [-0.4, -0.2) is 159 Å². The highest BCUT2D eigenvalue weighted by Gasteiger charge is 1.97. The molecule has 0 amide bonds. The quantitative estimate of drug-likeness (QED) is 0.0696. The summed E-state index contributed by atoms with van der Waals surface area (Å²) < 4.78 is 66.3. The Morgan fingerprint density at radius 2 is 0.300 bits per heavy atom. The van der Waals surface area contributed by atoms with Crippen LogP contribution >= 0.6 is 0 Å². The number of hydrogen-bond donors (Lipinski definition) is 0. The Labute approximate surface area is 306 Å². The standard InChI is InChI=1S/C38H78O12/c1-3-5-7-9-11-13-15-39-17-19-41-21-23-43-25-27-45-29-31-47-33-35-49-37-38-50-36-34-48-32-30-46-28-26-44-24-22-42-20-18-40-16-14-12-10-8-6-4-2/h3-38H2,1-2H3. The molecule has 12 nitrogen and oxygen atoms in total. The summed E-state index contributed by atoms with van der Waals surface area (Å²) in [5, 5.41) is 0. The number of rotatable bonds is 47. The van der Waals surface area contributed by atoms with Gasteiger partial charge in [0.25, 0.3) is 0 Å². The minimum Gasteiger partial charge on any atom is -0.379 e. The van der Waals surface area contributed by atoms with E-state index in [1.807, 2.05) is 0 Å². The van der Waals surface area contributed by atoms with E-state index in [0.717, 1.165) is 26.1 Å². The van der Waals surface area contributed by atoms with E-state index in [-0.39, 0.29) is 0 Å². The molecule has 0 aromatic carbocycles. The van der Waals surface area contributed by atoms with Gasteiger partial charge in [0.1, 0.15) is 0 Å².